The molecule has 19 heavy (non-hydrogen) atoms. The third-order valence-corrected chi connectivity index (χ3v) is 4.39. The average Bonchev–Trinajstić information content (AvgIpc) is 2.90. The highest BCUT2D eigenvalue weighted by Crippen LogP contribution is 2.32. The van der Waals surface area contributed by atoms with Crippen molar-refractivity contribution in [2.24, 2.45) is 11.8 Å². The molecular formula is C14H16F2N2S. The van der Waals surface area contributed by atoms with Crippen molar-refractivity contribution in [2.45, 2.75) is 32.7 Å². The molecule has 2 aromatic rings. The zero-order valence-corrected chi connectivity index (χ0v) is 11.6. The highest BCUT2D eigenvalue weighted by Gasteiger charge is 2.23. The molecule has 1 fully saturated rings. The first kappa shape index (κ1) is 12.8. The van der Waals surface area contributed by atoms with Crippen molar-refractivity contribution in [1.29, 1.82) is 0 Å². The molecule has 1 saturated carbocycles. The topological polar surface area (TPSA) is 20.7 Å². The number of hydrogen-bond donors (Lipinski definition) is 1. The maximum absolute atomic E-state index is 14.0. The summed E-state index contributed by atoms with van der Waals surface area (Å²) in [5, 5.41) is 0. The second-order valence-corrected chi connectivity index (χ2v) is 5.97. The van der Waals surface area contributed by atoms with Crippen LogP contribution in [0.15, 0.2) is 12.1 Å². The standard InChI is InChI=1S/C14H16F2N2S/c1-8-2-3-9(6-8)7-18-13-11(17-14(18)19)5-4-10(15)12(13)16/h4-5,8-9H,2-3,6-7H2,1H3,(H,17,19). The number of imidazole rings is 1. The number of rotatable bonds is 2. The van der Waals surface area contributed by atoms with Crippen LogP contribution < -0.4 is 0 Å². The van der Waals surface area contributed by atoms with Crippen LogP contribution in [0.25, 0.3) is 11.0 Å². The molecule has 1 aromatic carbocycles. The van der Waals surface area contributed by atoms with Gasteiger partial charge in [-0.25, -0.2) is 8.78 Å². The summed E-state index contributed by atoms with van der Waals surface area (Å²) in [4.78, 5) is 2.95. The van der Waals surface area contributed by atoms with Gasteiger partial charge < -0.3 is 9.55 Å². The molecule has 1 heterocycles. The Balaban J connectivity index is 2.05. The Labute approximate surface area is 115 Å². The van der Waals surface area contributed by atoms with E-state index in [0.29, 0.717) is 28.7 Å². The molecule has 102 valence electrons. The maximum atomic E-state index is 14.0. The van der Waals surface area contributed by atoms with Crippen molar-refractivity contribution >= 4 is 23.3 Å². The van der Waals surface area contributed by atoms with Crippen molar-refractivity contribution in [1.82, 2.24) is 9.55 Å². The zero-order chi connectivity index (χ0) is 13.6. The van der Waals surface area contributed by atoms with Gasteiger partial charge in [0.05, 0.1) is 5.52 Å². The number of nitrogens with zero attached hydrogens (tertiary/aromatic N) is 1. The van der Waals surface area contributed by atoms with Gasteiger partial charge in [-0.1, -0.05) is 13.3 Å². The number of halogens is 2. The number of aromatic amines is 1. The van der Waals surface area contributed by atoms with Crippen LogP contribution >= 0.6 is 12.2 Å². The molecule has 0 spiro atoms. The fraction of sp³-hybridized carbons (Fsp3) is 0.500. The Bertz CT molecular complexity index is 674. The molecule has 1 N–H and O–H groups in total. The van der Waals surface area contributed by atoms with E-state index < -0.39 is 11.6 Å². The predicted octanol–water partition coefficient (Wildman–Crippen LogP) is 4.41. The Morgan fingerprint density at radius 3 is 2.84 bits per heavy atom. The molecule has 2 atom stereocenters. The minimum absolute atomic E-state index is 0.268. The lowest BCUT2D eigenvalue weighted by Gasteiger charge is -2.12. The second kappa shape index (κ2) is 4.71. The van der Waals surface area contributed by atoms with Gasteiger partial charge in [0.15, 0.2) is 16.4 Å². The SMILES string of the molecule is CC1CCC(Cn2c(=S)[nH]c3ccc(F)c(F)c32)C1. The van der Waals surface area contributed by atoms with Crippen molar-refractivity contribution in [3.05, 3.63) is 28.5 Å². The summed E-state index contributed by atoms with van der Waals surface area (Å²) >= 11 is 5.24. The molecule has 3 rings (SSSR count). The van der Waals surface area contributed by atoms with Crippen molar-refractivity contribution < 1.29 is 8.78 Å². The number of benzene rings is 1. The molecule has 0 amide bonds. The summed E-state index contributed by atoms with van der Waals surface area (Å²) in [6.07, 6.45) is 3.47. The lowest BCUT2D eigenvalue weighted by Crippen LogP contribution is -2.09. The first-order valence-corrected chi connectivity index (χ1v) is 7.03. The quantitative estimate of drug-likeness (QED) is 0.809. The van der Waals surface area contributed by atoms with Crippen LogP contribution in [0.4, 0.5) is 8.78 Å². The van der Waals surface area contributed by atoms with Gasteiger partial charge in [-0.15, -0.1) is 0 Å². The number of hydrogen-bond acceptors (Lipinski definition) is 1. The third kappa shape index (κ3) is 2.20. The van der Waals surface area contributed by atoms with Gasteiger partial charge in [0.2, 0.25) is 0 Å². The summed E-state index contributed by atoms with van der Waals surface area (Å²) < 4.78 is 29.5. The van der Waals surface area contributed by atoms with E-state index in [1.165, 1.54) is 12.5 Å². The molecule has 5 heteroatoms. The first-order valence-electron chi connectivity index (χ1n) is 6.62. The van der Waals surface area contributed by atoms with Gasteiger partial charge in [-0.2, -0.15) is 0 Å². The number of aromatic nitrogens is 2. The maximum Gasteiger partial charge on any atom is 0.184 e. The van der Waals surface area contributed by atoms with Gasteiger partial charge in [0.25, 0.3) is 0 Å². The number of fused-ring (bicyclic) bond motifs is 1. The highest BCUT2D eigenvalue weighted by atomic mass is 32.1. The van der Waals surface area contributed by atoms with Crippen LogP contribution in [-0.2, 0) is 6.54 Å². The van der Waals surface area contributed by atoms with Crippen LogP contribution in [0.2, 0.25) is 0 Å². The zero-order valence-electron chi connectivity index (χ0n) is 10.7. The summed E-state index contributed by atoms with van der Waals surface area (Å²) in [5.41, 5.74) is 0.833. The number of H-pyrrole nitrogens is 1. The fourth-order valence-electron chi connectivity index (χ4n) is 3.11. The van der Waals surface area contributed by atoms with E-state index in [-0.39, 0.29) is 5.52 Å². The van der Waals surface area contributed by atoms with Gasteiger partial charge in [-0.3, -0.25) is 0 Å². The molecular weight excluding hydrogens is 266 g/mol. The number of nitrogens with one attached hydrogen (secondary N) is 1. The Morgan fingerprint density at radius 2 is 2.16 bits per heavy atom. The van der Waals surface area contributed by atoms with E-state index in [4.69, 9.17) is 12.2 Å². The molecule has 0 saturated heterocycles. The minimum atomic E-state index is -0.824. The van der Waals surface area contributed by atoms with E-state index in [1.54, 1.807) is 4.57 Å². The van der Waals surface area contributed by atoms with Crippen LogP contribution in [0.1, 0.15) is 26.2 Å². The molecule has 2 unspecified atom stereocenters. The van der Waals surface area contributed by atoms with Crippen molar-refractivity contribution in [2.75, 3.05) is 0 Å². The Kier molecular flexibility index (Phi) is 3.17. The van der Waals surface area contributed by atoms with Gasteiger partial charge in [0, 0.05) is 6.54 Å². The van der Waals surface area contributed by atoms with Gasteiger partial charge in [-0.05, 0) is 49.0 Å². The van der Waals surface area contributed by atoms with Crippen LogP contribution in [-0.4, -0.2) is 9.55 Å². The smallest absolute Gasteiger partial charge is 0.184 e. The Morgan fingerprint density at radius 1 is 1.37 bits per heavy atom. The fourth-order valence-corrected chi connectivity index (χ4v) is 3.39. The van der Waals surface area contributed by atoms with Gasteiger partial charge >= 0.3 is 0 Å². The molecule has 0 aliphatic heterocycles. The molecule has 0 radical (unpaired) electrons. The molecule has 2 nitrogen and oxygen atoms in total. The summed E-state index contributed by atoms with van der Waals surface area (Å²) in [6, 6.07) is 2.67. The van der Waals surface area contributed by atoms with Crippen LogP contribution in [0.5, 0.6) is 0 Å². The van der Waals surface area contributed by atoms with Crippen LogP contribution in [0, 0.1) is 28.2 Å². The predicted molar refractivity (Wildman–Crippen MR) is 73.5 cm³/mol. The van der Waals surface area contributed by atoms with Crippen LogP contribution in [0.3, 0.4) is 0 Å². The molecule has 1 aromatic heterocycles. The molecule has 0 bridgehead atoms. The monoisotopic (exact) mass is 282 g/mol. The van der Waals surface area contributed by atoms with Gasteiger partial charge in [0.1, 0.15) is 5.52 Å². The van der Waals surface area contributed by atoms with E-state index in [2.05, 4.69) is 11.9 Å². The minimum Gasteiger partial charge on any atom is -0.330 e. The van der Waals surface area contributed by atoms with E-state index in [9.17, 15) is 8.78 Å². The molecule has 1 aliphatic rings. The summed E-state index contributed by atoms with van der Waals surface area (Å²) in [7, 11) is 0. The first-order chi connectivity index (χ1) is 9.06. The van der Waals surface area contributed by atoms with E-state index in [1.807, 2.05) is 0 Å². The second-order valence-electron chi connectivity index (χ2n) is 5.58. The highest BCUT2D eigenvalue weighted by molar-refractivity contribution is 7.71. The summed E-state index contributed by atoms with van der Waals surface area (Å²) in [5.74, 6) is -0.416. The molecule has 1 aliphatic carbocycles. The normalized spacial score (nSPS) is 23.3. The van der Waals surface area contributed by atoms with Crippen molar-refractivity contribution in [3.8, 4) is 0 Å². The van der Waals surface area contributed by atoms with E-state index >= 15 is 0 Å². The lowest BCUT2D eigenvalue weighted by atomic mass is 10.1. The largest absolute Gasteiger partial charge is 0.330 e. The van der Waals surface area contributed by atoms with E-state index in [0.717, 1.165) is 18.9 Å². The summed E-state index contributed by atoms with van der Waals surface area (Å²) in [6.45, 7) is 2.90. The van der Waals surface area contributed by atoms with Crippen molar-refractivity contribution in [3.63, 3.8) is 0 Å². The lowest BCUT2D eigenvalue weighted by molar-refractivity contribution is 0.439. The average molecular weight is 282 g/mol. The Hall–Kier alpha value is -1.23. The third-order valence-electron chi connectivity index (χ3n) is 4.07.